The second-order valence-corrected chi connectivity index (χ2v) is 6.71. The number of aromatic amines is 1. The van der Waals surface area contributed by atoms with Gasteiger partial charge in [-0.25, -0.2) is 4.98 Å². The van der Waals surface area contributed by atoms with Crippen LogP contribution in [0.5, 0.6) is 0 Å². The van der Waals surface area contributed by atoms with E-state index in [9.17, 15) is 9.59 Å². The van der Waals surface area contributed by atoms with E-state index >= 15 is 0 Å². The first-order chi connectivity index (χ1) is 11.2. The van der Waals surface area contributed by atoms with E-state index in [2.05, 4.69) is 9.97 Å². The van der Waals surface area contributed by atoms with E-state index in [4.69, 9.17) is 0 Å². The summed E-state index contributed by atoms with van der Waals surface area (Å²) in [4.78, 5) is 34.3. The number of carbonyl (C=O) groups is 1. The van der Waals surface area contributed by atoms with Crippen LogP contribution in [0.4, 0.5) is 0 Å². The lowest BCUT2D eigenvalue weighted by Gasteiger charge is -2.28. The third-order valence-corrected chi connectivity index (χ3v) is 4.96. The maximum atomic E-state index is 12.7. The molecule has 1 heterocycles. The Bertz CT molecular complexity index is 788. The molecule has 120 valence electrons. The fourth-order valence-electron chi connectivity index (χ4n) is 3.54. The third kappa shape index (κ3) is 2.87. The van der Waals surface area contributed by atoms with Crippen LogP contribution < -0.4 is 5.56 Å². The monoisotopic (exact) mass is 311 g/mol. The predicted octanol–water partition coefficient (Wildman–Crippen LogP) is 2.60. The van der Waals surface area contributed by atoms with Crippen molar-refractivity contribution >= 4 is 16.8 Å². The van der Waals surface area contributed by atoms with E-state index in [1.54, 1.807) is 6.07 Å². The fraction of sp³-hybridized carbons (Fsp3) is 0.500. The lowest BCUT2D eigenvalue weighted by molar-refractivity contribution is -0.135. The highest BCUT2D eigenvalue weighted by Crippen LogP contribution is 2.34. The number of amides is 1. The molecule has 2 aliphatic carbocycles. The highest BCUT2D eigenvalue weighted by atomic mass is 16.2. The molecule has 23 heavy (non-hydrogen) atoms. The van der Waals surface area contributed by atoms with Crippen molar-refractivity contribution in [1.29, 1.82) is 0 Å². The molecule has 5 nitrogen and oxygen atoms in total. The number of nitrogens with zero attached hydrogens (tertiary/aromatic N) is 2. The number of H-pyrrole nitrogens is 1. The highest BCUT2D eigenvalue weighted by Gasteiger charge is 2.37. The molecular formula is C18H21N3O2. The zero-order valence-corrected chi connectivity index (χ0v) is 13.1. The van der Waals surface area contributed by atoms with Crippen LogP contribution in [0.1, 0.15) is 44.3 Å². The summed E-state index contributed by atoms with van der Waals surface area (Å²) in [6.07, 6.45) is 6.50. The Morgan fingerprint density at radius 1 is 1.17 bits per heavy atom. The normalized spacial score (nSPS) is 18.4. The number of benzene rings is 1. The predicted molar refractivity (Wildman–Crippen MR) is 87.9 cm³/mol. The topological polar surface area (TPSA) is 66.1 Å². The second-order valence-electron chi connectivity index (χ2n) is 6.71. The van der Waals surface area contributed by atoms with Crippen LogP contribution in [-0.4, -0.2) is 26.8 Å². The van der Waals surface area contributed by atoms with Crippen LogP contribution in [0.25, 0.3) is 10.9 Å². The number of aromatic nitrogens is 2. The molecule has 0 spiro atoms. The van der Waals surface area contributed by atoms with Crippen molar-refractivity contribution < 1.29 is 4.79 Å². The Morgan fingerprint density at radius 3 is 2.65 bits per heavy atom. The van der Waals surface area contributed by atoms with Crippen LogP contribution in [0.3, 0.4) is 0 Å². The van der Waals surface area contributed by atoms with E-state index in [1.165, 1.54) is 12.8 Å². The summed E-state index contributed by atoms with van der Waals surface area (Å²) < 4.78 is 0. The molecule has 2 aromatic rings. The molecule has 0 aliphatic heterocycles. The number of nitrogens with one attached hydrogen (secondary N) is 1. The Morgan fingerprint density at radius 2 is 1.91 bits per heavy atom. The number of fused-ring (bicyclic) bond motifs is 1. The summed E-state index contributed by atoms with van der Waals surface area (Å²) in [5.74, 6) is 1.03. The lowest BCUT2D eigenvalue weighted by Crippen LogP contribution is -2.40. The highest BCUT2D eigenvalue weighted by molar-refractivity contribution is 5.81. The first-order valence-electron chi connectivity index (χ1n) is 8.51. The van der Waals surface area contributed by atoms with Gasteiger partial charge in [0.05, 0.1) is 17.4 Å². The van der Waals surface area contributed by atoms with Gasteiger partial charge in [0.1, 0.15) is 5.82 Å². The minimum atomic E-state index is -0.129. The van der Waals surface area contributed by atoms with Gasteiger partial charge in [-0.3, -0.25) is 9.59 Å². The minimum Gasteiger partial charge on any atom is -0.332 e. The van der Waals surface area contributed by atoms with Crippen LogP contribution >= 0.6 is 0 Å². The zero-order valence-electron chi connectivity index (χ0n) is 13.1. The molecule has 1 aromatic heterocycles. The van der Waals surface area contributed by atoms with Crippen molar-refractivity contribution in [3.8, 4) is 0 Å². The molecule has 0 unspecified atom stereocenters. The van der Waals surface area contributed by atoms with Gasteiger partial charge in [0.2, 0.25) is 5.91 Å². The van der Waals surface area contributed by atoms with Crippen molar-refractivity contribution in [2.75, 3.05) is 0 Å². The molecule has 0 bridgehead atoms. The first-order valence-corrected chi connectivity index (χ1v) is 8.51. The molecular weight excluding hydrogens is 290 g/mol. The molecule has 2 aliphatic rings. The Labute approximate surface area is 134 Å². The molecule has 0 atom stereocenters. The summed E-state index contributed by atoms with van der Waals surface area (Å²) in [5.41, 5.74) is 0.562. The summed E-state index contributed by atoms with van der Waals surface area (Å²) in [5, 5.41) is 0.595. The summed E-state index contributed by atoms with van der Waals surface area (Å²) in [6.45, 7) is 0.417. The Kier molecular flexibility index (Phi) is 3.63. The van der Waals surface area contributed by atoms with E-state index in [1.807, 2.05) is 23.1 Å². The second kappa shape index (κ2) is 5.80. The Hall–Kier alpha value is -2.17. The van der Waals surface area contributed by atoms with Crippen LogP contribution in [-0.2, 0) is 11.3 Å². The number of carbonyl (C=O) groups excluding carboxylic acids is 1. The van der Waals surface area contributed by atoms with Gasteiger partial charge in [-0.2, -0.15) is 0 Å². The van der Waals surface area contributed by atoms with Crippen molar-refractivity contribution in [3.63, 3.8) is 0 Å². The van der Waals surface area contributed by atoms with Crippen LogP contribution in [0.15, 0.2) is 29.1 Å². The lowest BCUT2D eigenvalue weighted by atomic mass is 10.2. The quantitative estimate of drug-likeness (QED) is 0.944. The molecule has 0 radical (unpaired) electrons. The van der Waals surface area contributed by atoms with E-state index in [0.717, 1.165) is 25.7 Å². The summed E-state index contributed by atoms with van der Waals surface area (Å²) in [7, 11) is 0. The maximum absolute atomic E-state index is 12.7. The van der Waals surface area contributed by atoms with Crippen molar-refractivity contribution in [1.82, 2.24) is 14.9 Å². The maximum Gasteiger partial charge on any atom is 0.258 e. The molecule has 1 aromatic carbocycles. The average Bonchev–Trinajstić information content (AvgIpc) is 3.27. The van der Waals surface area contributed by atoms with Gasteiger partial charge in [-0.15, -0.1) is 0 Å². The van der Waals surface area contributed by atoms with Crippen LogP contribution in [0.2, 0.25) is 0 Å². The van der Waals surface area contributed by atoms with Gasteiger partial charge in [-0.05, 0) is 37.8 Å². The van der Waals surface area contributed by atoms with Gasteiger partial charge in [-0.1, -0.05) is 25.0 Å². The van der Waals surface area contributed by atoms with E-state index in [0.29, 0.717) is 29.3 Å². The number of rotatable bonds is 4. The molecule has 2 fully saturated rings. The van der Waals surface area contributed by atoms with Gasteiger partial charge in [0.25, 0.3) is 5.56 Å². The molecule has 1 N–H and O–H groups in total. The molecule has 2 saturated carbocycles. The standard InChI is InChI=1S/C18H21N3O2/c22-17-14-7-3-4-8-15(14)19-16(20-17)11-21(13-5-1-2-6-13)18(23)12-9-10-12/h3-4,7-8,12-13H,1-2,5-6,9-11H2,(H,19,20,22). The van der Waals surface area contributed by atoms with Gasteiger partial charge in [0, 0.05) is 12.0 Å². The minimum absolute atomic E-state index is 0.129. The SMILES string of the molecule is O=C(C1CC1)N(Cc1nc2ccccc2c(=O)[nH]1)C1CCCC1. The van der Waals surface area contributed by atoms with Crippen molar-refractivity contribution in [2.45, 2.75) is 51.1 Å². The average molecular weight is 311 g/mol. The summed E-state index contributed by atoms with van der Waals surface area (Å²) in [6, 6.07) is 7.63. The van der Waals surface area contributed by atoms with Crippen molar-refractivity contribution in [2.24, 2.45) is 5.92 Å². The van der Waals surface area contributed by atoms with Gasteiger partial charge in [0.15, 0.2) is 0 Å². The first kappa shape index (κ1) is 14.4. The van der Waals surface area contributed by atoms with Gasteiger partial charge < -0.3 is 9.88 Å². The number of hydrogen-bond acceptors (Lipinski definition) is 3. The smallest absolute Gasteiger partial charge is 0.258 e. The van der Waals surface area contributed by atoms with Gasteiger partial charge >= 0.3 is 0 Å². The molecule has 1 amide bonds. The van der Waals surface area contributed by atoms with Crippen LogP contribution in [0, 0.1) is 5.92 Å². The molecule has 5 heteroatoms. The summed E-state index contributed by atoms with van der Waals surface area (Å²) >= 11 is 0. The molecule has 4 rings (SSSR count). The number of hydrogen-bond donors (Lipinski definition) is 1. The third-order valence-electron chi connectivity index (χ3n) is 4.96. The Balaban J connectivity index is 1.65. The zero-order chi connectivity index (χ0) is 15.8. The fourth-order valence-corrected chi connectivity index (χ4v) is 3.54. The van der Waals surface area contributed by atoms with Crippen molar-refractivity contribution in [3.05, 3.63) is 40.4 Å². The largest absolute Gasteiger partial charge is 0.332 e. The van der Waals surface area contributed by atoms with E-state index < -0.39 is 0 Å². The van der Waals surface area contributed by atoms with E-state index in [-0.39, 0.29) is 17.4 Å². The number of para-hydroxylation sites is 1. The molecule has 0 saturated heterocycles.